The molecule has 2 heterocycles. The molecule has 1 N–H and O–H groups in total. The number of ether oxygens (including phenoxy) is 3. The molecule has 2 aromatic carbocycles. The summed E-state index contributed by atoms with van der Waals surface area (Å²) < 4.78 is 16.6. The summed E-state index contributed by atoms with van der Waals surface area (Å²) in [5.41, 5.74) is 0.581. The van der Waals surface area contributed by atoms with Crippen LogP contribution in [0, 0.1) is 5.41 Å². The highest BCUT2D eigenvalue weighted by molar-refractivity contribution is 5.90. The summed E-state index contributed by atoms with van der Waals surface area (Å²) in [7, 11) is 3.43. The van der Waals surface area contributed by atoms with Crippen molar-refractivity contribution < 1.29 is 28.6 Å². The summed E-state index contributed by atoms with van der Waals surface area (Å²) >= 11 is 0. The Hall–Kier alpha value is -3.59. The number of likely N-dealkylation sites (tertiary alicyclic amines) is 2. The molecule has 4 rings (SSSR count). The van der Waals surface area contributed by atoms with Gasteiger partial charge in [0.05, 0.1) is 25.7 Å². The molecule has 40 heavy (non-hydrogen) atoms. The topological polar surface area (TPSA) is 97.4 Å². The molecule has 0 bridgehead atoms. The summed E-state index contributed by atoms with van der Waals surface area (Å²) in [5.74, 6) is 0.494. The maximum Gasteiger partial charge on any atom is 0.408 e. The minimum absolute atomic E-state index is 0.0228. The molecule has 0 aliphatic carbocycles. The van der Waals surface area contributed by atoms with Crippen LogP contribution in [-0.2, 0) is 25.7 Å². The van der Waals surface area contributed by atoms with Gasteiger partial charge in [-0.2, -0.15) is 0 Å². The summed E-state index contributed by atoms with van der Waals surface area (Å²) in [4.78, 5) is 43.7. The minimum atomic E-state index is -0.965. The zero-order valence-corrected chi connectivity index (χ0v) is 24.1. The summed E-state index contributed by atoms with van der Waals surface area (Å²) in [5, 5.41) is 2.72. The number of carbonyl (C=O) groups is 3. The van der Waals surface area contributed by atoms with E-state index in [0.717, 1.165) is 16.9 Å². The van der Waals surface area contributed by atoms with Gasteiger partial charge in [-0.3, -0.25) is 9.59 Å². The molecule has 216 valence electrons. The van der Waals surface area contributed by atoms with Gasteiger partial charge in [0.25, 0.3) is 0 Å². The average molecular weight is 552 g/mol. The van der Waals surface area contributed by atoms with Crippen LogP contribution in [0.15, 0.2) is 54.6 Å². The van der Waals surface area contributed by atoms with Gasteiger partial charge in [-0.1, -0.05) is 42.5 Å². The van der Waals surface area contributed by atoms with Crippen molar-refractivity contribution in [2.24, 2.45) is 5.41 Å². The standard InChI is InChI=1S/C31H41N3O6/c1-30(2,3)40-29(37)32-26(20-39-19-22-12-14-24(38-5)15-13-22)27(35)34-17-9-16-31(21-34)25(18-33(4)28(31)36)23-10-7-6-8-11-23/h6-8,10-15,25-26H,9,16-21H2,1-5H3,(H,32,37)/t25?,26-,31?/m1/s1. The first-order valence-electron chi connectivity index (χ1n) is 13.8. The van der Waals surface area contributed by atoms with Crippen LogP contribution in [0.1, 0.15) is 50.7 Å². The lowest BCUT2D eigenvalue weighted by Crippen LogP contribution is -2.57. The molecular weight excluding hydrogens is 510 g/mol. The van der Waals surface area contributed by atoms with E-state index in [4.69, 9.17) is 14.2 Å². The van der Waals surface area contributed by atoms with E-state index >= 15 is 0 Å². The molecule has 2 aliphatic rings. The van der Waals surface area contributed by atoms with E-state index in [0.29, 0.717) is 32.5 Å². The fourth-order valence-electron chi connectivity index (χ4n) is 5.76. The third-order valence-electron chi connectivity index (χ3n) is 7.63. The van der Waals surface area contributed by atoms with E-state index in [2.05, 4.69) is 17.4 Å². The van der Waals surface area contributed by atoms with Gasteiger partial charge in [0, 0.05) is 32.6 Å². The minimum Gasteiger partial charge on any atom is -0.497 e. The number of amides is 3. The van der Waals surface area contributed by atoms with Crippen molar-refractivity contribution in [1.82, 2.24) is 15.1 Å². The van der Waals surface area contributed by atoms with Crippen LogP contribution in [0.25, 0.3) is 0 Å². The van der Waals surface area contributed by atoms with Crippen LogP contribution < -0.4 is 10.1 Å². The van der Waals surface area contributed by atoms with E-state index in [1.807, 2.05) is 49.5 Å². The lowest BCUT2D eigenvalue weighted by Gasteiger charge is -2.43. The number of nitrogens with one attached hydrogen (secondary N) is 1. The number of hydrogen-bond acceptors (Lipinski definition) is 6. The van der Waals surface area contributed by atoms with Gasteiger partial charge in [0.2, 0.25) is 11.8 Å². The Balaban J connectivity index is 1.51. The number of alkyl carbamates (subject to hydrolysis) is 1. The number of hydrogen-bond donors (Lipinski definition) is 1. The van der Waals surface area contributed by atoms with Gasteiger partial charge in [0.15, 0.2) is 0 Å². The lowest BCUT2D eigenvalue weighted by molar-refractivity contribution is -0.145. The quantitative estimate of drug-likeness (QED) is 0.533. The van der Waals surface area contributed by atoms with Gasteiger partial charge in [-0.15, -0.1) is 0 Å². The highest BCUT2D eigenvalue weighted by atomic mass is 16.6. The SMILES string of the molecule is COc1ccc(COC[C@@H](NC(=O)OC(C)(C)C)C(=O)N2CCCC3(C2)C(=O)N(C)CC3c2ccccc2)cc1. The molecular formula is C31H41N3O6. The molecule has 9 heteroatoms. The van der Waals surface area contributed by atoms with Gasteiger partial charge < -0.3 is 29.3 Å². The number of carbonyl (C=O) groups excluding carboxylic acids is 3. The molecule has 3 amide bonds. The third kappa shape index (κ3) is 6.75. The van der Waals surface area contributed by atoms with Crippen LogP contribution >= 0.6 is 0 Å². The van der Waals surface area contributed by atoms with E-state index in [9.17, 15) is 14.4 Å². The van der Waals surface area contributed by atoms with E-state index < -0.39 is 23.2 Å². The van der Waals surface area contributed by atoms with E-state index in [-0.39, 0.29) is 30.9 Å². The van der Waals surface area contributed by atoms with Crippen molar-refractivity contribution >= 4 is 17.9 Å². The monoisotopic (exact) mass is 551 g/mol. The molecule has 0 saturated carbocycles. The van der Waals surface area contributed by atoms with Crippen LogP contribution in [0.3, 0.4) is 0 Å². The number of benzene rings is 2. The molecule has 2 aliphatic heterocycles. The molecule has 9 nitrogen and oxygen atoms in total. The number of likely N-dealkylation sites (N-methyl/N-ethyl adjacent to an activating group) is 1. The number of rotatable bonds is 8. The van der Waals surface area contributed by atoms with Crippen molar-refractivity contribution in [3.63, 3.8) is 0 Å². The fourth-order valence-corrected chi connectivity index (χ4v) is 5.76. The molecule has 0 aromatic heterocycles. The van der Waals surface area contributed by atoms with Crippen molar-refractivity contribution in [3.8, 4) is 5.75 Å². The number of nitrogens with zero attached hydrogens (tertiary/aromatic N) is 2. The van der Waals surface area contributed by atoms with E-state index in [1.54, 1.807) is 37.7 Å². The Kier molecular flexibility index (Phi) is 9.03. The Bertz CT molecular complexity index is 1180. The molecule has 0 radical (unpaired) electrons. The largest absolute Gasteiger partial charge is 0.497 e. The van der Waals surface area contributed by atoms with Crippen LogP contribution in [0.2, 0.25) is 0 Å². The molecule has 2 aromatic rings. The Morgan fingerprint density at radius 1 is 1.10 bits per heavy atom. The predicted molar refractivity (Wildman–Crippen MR) is 151 cm³/mol. The normalized spacial score (nSPS) is 21.8. The van der Waals surface area contributed by atoms with Gasteiger partial charge in [-0.05, 0) is 56.9 Å². The van der Waals surface area contributed by atoms with Crippen molar-refractivity contribution in [3.05, 3.63) is 65.7 Å². The number of piperidine rings is 1. The average Bonchev–Trinajstić information content (AvgIpc) is 3.16. The molecule has 2 saturated heterocycles. The second-order valence-electron chi connectivity index (χ2n) is 11.7. The Labute approximate surface area is 236 Å². The molecule has 2 unspecified atom stereocenters. The van der Waals surface area contributed by atoms with Crippen LogP contribution in [0.5, 0.6) is 5.75 Å². The molecule has 3 atom stereocenters. The predicted octanol–water partition coefficient (Wildman–Crippen LogP) is 3.97. The fraction of sp³-hybridized carbons (Fsp3) is 0.516. The Morgan fingerprint density at radius 3 is 2.45 bits per heavy atom. The van der Waals surface area contributed by atoms with Gasteiger partial charge in [0.1, 0.15) is 17.4 Å². The van der Waals surface area contributed by atoms with Gasteiger partial charge >= 0.3 is 6.09 Å². The third-order valence-corrected chi connectivity index (χ3v) is 7.63. The second-order valence-corrected chi connectivity index (χ2v) is 11.7. The summed E-state index contributed by atoms with van der Waals surface area (Å²) in [6, 6.07) is 16.5. The highest BCUT2D eigenvalue weighted by Gasteiger charge is 2.55. The van der Waals surface area contributed by atoms with Crippen molar-refractivity contribution in [2.75, 3.05) is 40.4 Å². The van der Waals surface area contributed by atoms with Crippen LogP contribution in [-0.4, -0.2) is 79.7 Å². The maximum atomic E-state index is 13.9. The molecule has 1 spiro atoms. The summed E-state index contributed by atoms with van der Waals surface area (Å²) in [6.07, 6.45) is 0.711. The maximum absolute atomic E-state index is 13.9. The van der Waals surface area contributed by atoms with Crippen molar-refractivity contribution in [2.45, 2.75) is 57.8 Å². The second kappa shape index (κ2) is 12.3. The van der Waals surface area contributed by atoms with Gasteiger partial charge in [-0.25, -0.2) is 4.79 Å². The first-order valence-corrected chi connectivity index (χ1v) is 13.8. The lowest BCUT2D eigenvalue weighted by atomic mass is 9.69. The zero-order chi connectivity index (χ0) is 28.9. The highest BCUT2D eigenvalue weighted by Crippen LogP contribution is 2.49. The number of methoxy groups -OCH3 is 1. The first-order chi connectivity index (χ1) is 19.0. The van der Waals surface area contributed by atoms with Crippen LogP contribution in [0.4, 0.5) is 4.79 Å². The van der Waals surface area contributed by atoms with Crippen molar-refractivity contribution in [1.29, 1.82) is 0 Å². The Morgan fingerprint density at radius 2 is 1.80 bits per heavy atom. The van der Waals surface area contributed by atoms with E-state index in [1.165, 1.54) is 0 Å². The smallest absolute Gasteiger partial charge is 0.408 e. The first kappa shape index (κ1) is 29.4. The zero-order valence-electron chi connectivity index (χ0n) is 24.1. The summed E-state index contributed by atoms with van der Waals surface area (Å²) in [6.45, 7) is 6.92. The molecule has 2 fully saturated rings.